The van der Waals surface area contributed by atoms with Crippen LogP contribution in [-0.2, 0) is 6.54 Å². The van der Waals surface area contributed by atoms with Crippen LogP contribution in [0, 0.1) is 13.8 Å². The maximum absolute atomic E-state index is 12.4. The normalized spacial score (nSPS) is 10.8. The quantitative estimate of drug-likeness (QED) is 0.882. The van der Waals surface area contributed by atoms with Gasteiger partial charge in [0.2, 0.25) is 11.4 Å². The number of pyridine rings is 2. The van der Waals surface area contributed by atoms with Gasteiger partial charge < -0.3 is 15.0 Å². The van der Waals surface area contributed by atoms with Crippen molar-refractivity contribution in [2.75, 3.05) is 7.11 Å². The molecule has 0 aliphatic carbocycles. The molecule has 2 N–H and O–H groups in total. The lowest BCUT2D eigenvalue weighted by molar-refractivity contribution is 0.0950. The van der Waals surface area contributed by atoms with Gasteiger partial charge in [0, 0.05) is 35.1 Å². The van der Waals surface area contributed by atoms with E-state index in [1.165, 1.54) is 6.07 Å². The van der Waals surface area contributed by atoms with Gasteiger partial charge in [0.25, 0.3) is 5.91 Å². The van der Waals surface area contributed by atoms with E-state index in [1.807, 2.05) is 33.8 Å². The Balaban J connectivity index is 2.22. The molecule has 0 aliphatic heterocycles. The molecule has 2 aromatic heterocycles. The zero-order chi connectivity index (χ0) is 17.9. The minimum Gasteiger partial charge on any atom is -0.481 e. The molecule has 0 bridgehead atoms. The summed E-state index contributed by atoms with van der Waals surface area (Å²) in [6.07, 6.45) is 0. The number of aromatic amines is 1. The predicted octanol–water partition coefficient (Wildman–Crippen LogP) is 2.45. The zero-order valence-corrected chi connectivity index (χ0v) is 14.7. The highest BCUT2D eigenvalue weighted by Crippen LogP contribution is 2.20. The Morgan fingerprint density at radius 1 is 1.29 bits per heavy atom. The molecule has 0 saturated heterocycles. The Labute approximate surface area is 141 Å². The fourth-order valence-electron chi connectivity index (χ4n) is 2.49. The summed E-state index contributed by atoms with van der Waals surface area (Å²) in [5, 5.41) is 2.83. The average molecular weight is 329 g/mol. The Hall–Kier alpha value is -2.63. The number of hydrogen-bond donors (Lipinski definition) is 2. The van der Waals surface area contributed by atoms with Gasteiger partial charge in [0.1, 0.15) is 0 Å². The van der Waals surface area contributed by atoms with Crippen molar-refractivity contribution in [3.8, 4) is 5.88 Å². The summed E-state index contributed by atoms with van der Waals surface area (Å²) in [5.41, 5.74) is 3.48. The Bertz CT molecular complexity index is 810. The maximum atomic E-state index is 12.4. The largest absolute Gasteiger partial charge is 0.481 e. The first kappa shape index (κ1) is 17.7. The second kappa shape index (κ2) is 7.29. The molecule has 0 fully saturated rings. The van der Waals surface area contributed by atoms with Crippen LogP contribution in [0.25, 0.3) is 0 Å². The number of H-pyrrole nitrogens is 1. The van der Waals surface area contributed by atoms with Crippen LogP contribution in [0.3, 0.4) is 0 Å². The van der Waals surface area contributed by atoms with Gasteiger partial charge in [-0.15, -0.1) is 0 Å². The lowest BCUT2D eigenvalue weighted by Gasteiger charge is -2.13. The van der Waals surface area contributed by atoms with Crippen molar-refractivity contribution >= 4 is 5.91 Å². The molecule has 1 amide bonds. The molecular weight excluding hydrogens is 306 g/mol. The van der Waals surface area contributed by atoms with E-state index in [-0.39, 0.29) is 23.9 Å². The summed E-state index contributed by atoms with van der Waals surface area (Å²) in [5.74, 6) is 0.334. The molecular formula is C18H23N3O3. The third-order valence-electron chi connectivity index (χ3n) is 3.81. The van der Waals surface area contributed by atoms with Gasteiger partial charge in [0.05, 0.1) is 7.11 Å². The van der Waals surface area contributed by atoms with Crippen molar-refractivity contribution in [3.63, 3.8) is 0 Å². The standard InChI is InChI=1S/C18H23N3O3/c1-10(2)15-7-13(8-16(22)21-15)17(23)19-9-14-11(3)6-12(4)20-18(14)24-5/h6-8,10H,9H2,1-5H3,(H,19,23)(H,21,22). The first-order valence-electron chi connectivity index (χ1n) is 7.85. The molecule has 0 unspecified atom stereocenters. The van der Waals surface area contributed by atoms with Crippen LogP contribution < -0.4 is 15.6 Å². The fourth-order valence-corrected chi connectivity index (χ4v) is 2.49. The van der Waals surface area contributed by atoms with Crippen LogP contribution in [0.5, 0.6) is 5.88 Å². The SMILES string of the molecule is COc1nc(C)cc(C)c1CNC(=O)c1cc(C(C)C)[nH]c(=O)c1. The van der Waals surface area contributed by atoms with Crippen molar-refractivity contribution < 1.29 is 9.53 Å². The van der Waals surface area contributed by atoms with Crippen LogP contribution in [0.1, 0.15) is 52.6 Å². The number of nitrogens with one attached hydrogen (secondary N) is 2. The molecule has 2 rings (SSSR count). The van der Waals surface area contributed by atoms with Gasteiger partial charge in [-0.05, 0) is 37.5 Å². The Morgan fingerprint density at radius 3 is 2.62 bits per heavy atom. The van der Waals surface area contributed by atoms with Gasteiger partial charge in [-0.2, -0.15) is 0 Å². The molecule has 2 heterocycles. The first-order valence-corrected chi connectivity index (χ1v) is 7.85. The maximum Gasteiger partial charge on any atom is 0.251 e. The molecule has 0 spiro atoms. The van der Waals surface area contributed by atoms with E-state index < -0.39 is 0 Å². The number of ether oxygens (including phenoxy) is 1. The monoisotopic (exact) mass is 329 g/mol. The van der Waals surface area contributed by atoms with Crippen LogP contribution in [0.15, 0.2) is 23.0 Å². The molecule has 0 atom stereocenters. The highest BCUT2D eigenvalue weighted by molar-refractivity contribution is 5.94. The number of methoxy groups -OCH3 is 1. The van der Waals surface area contributed by atoms with Crippen molar-refractivity contribution in [2.24, 2.45) is 0 Å². The number of rotatable bonds is 5. The van der Waals surface area contributed by atoms with Crippen molar-refractivity contribution in [1.29, 1.82) is 0 Å². The van der Waals surface area contributed by atoms with E-state index in [1.54, 1.807) is 13.2 Å². The van der Waals surface area contributed by atoms with E-state index in [4.69, 9.17) is 4.74 Å². The fraction of sp³-hybridized carbons (Fsp3) is 0.389. The van der Waals surface area contributed by atoms with Gasteiger partial charge in [-0.1, -0.05) is 13.8 Å². The van der Waals surface area contributed by atoms with E-state index in [9.17, 15) is 9.59 Å². The third-order valence-corrected chi connectivity index (χ3v) is 3.81. The molecule has 6 nitrogen and oxygen atoms in total. The summed E-state index contributed by atoms with van der Waals surface area (Å²) in [7, 11) is 1.55. The molecule has 0 saturated carbocycles. The summed E-state index contributed by atoms with van der Waals surface area (Å²) in [6.45, 7) is 8.04. The number of amides is 1. The number of carbonyl (C=O) groups excluding carboxylic acids is 1. The molecule has 128 valence electrons. The van der Waals surface area contributed by atoms with E-state index in [0.29, 0.717) is 11.4 Å². The minimum absolute atomic E-state index is 0.133. The van der Waals surface area contributed by atoms with Crippen molar-refractivity contribution in [1.82, 2.24) is 15.3 Å². The van der Waals surface area contributed by atoms with E-state index in [0.717, 1.165) is 22.5 Å². The molecule has 0 aromatic carbocycles. The summed E-state index contributed by atoms with van der Waals surface area (Å²) < 4.78 is 5.30. The third kappa shape index (κ3) is 4.01. The average Bonchev–Trinajstić information content (AvgIpc) is 2.52. The molecule has 0 aliphatic rings. The second-order valence-corrected chi connectivity index (χ2v) is 6.09. The van der Waals surface area contributed by atoms with Crippen LogP contribution in [-0.4, -0.2) is 23.0 Å². The van der Waals surface area contributed by atoms with Gasteiger partial charge in [-0.25, -0.2) is 4.98 Å². The lowest BCUT2D eigenvalue weighted by atomic mass is 10.1. The van der Waals surface area contributed by atoms with Gasteiger partial charge in [-0.3, -0.25) is 9.59 Å². The lowest BCUT2D eigenvalue weighted by Crippen LogP contribution is -2.26. The van der Waals surface area contributed by atoms with Crippen molar-refractivity contribution in [2.45, 2.75) is 40.2 Å². The molecule has 24 heavy (non-hydrogen) atoms. The Morgan fingerprint density at radius 2 is 2.00 bits per heavy atom. The summed E-state index contributed by atoms with van der Waals surface area (Å²) in [4.78, 5) is 31.2. The highest BCUT2D eigenvalue weighted by Gasteiger charge is 2.13. The van der Waals surface area contributed by atoms with Gasteiger partial charge in [0.15, 0.2) is 0 Å². The second-order valence-electron chi connectivity index (χ2n) is 6.09. The highest BCUT2D eigenvalue weighted by atomic mass is 16.5. The Kier molecular flexibility index (Phi) is 5.39. The van der Waals surface area contributed by atoms with Crippen LogP contribution >= 0.6 is 0 Å². The van der Waals surface area contributed by atoms with E-state index in [2.05, 4.69) is 15.3 Å². The number of carbonyl (C=O) groups is 1. The number of nitrogens with zero attached hydrogens (tertiary/aromatic N) is 1. The summed E-state index contributed by atoms with van der Waals surface area (Å²) >= 11 is 0. The predicted molar refractivity (Wildman–Crippen MR) is 92.6 cm³/mol. The smallest absolute Gasteiger partial charge is 0.251 e. The van der Waals surface area contributed by atoms with E-state index >= 15 is 0 Å². The minimum atomic E-state index is -0.301. The number of aryl methyl sites for hydroxylation is 2. The van der Waals surface area contributed by atoms with Crippen LogP contribution in [0.4, 0.5) is 0 Å². The summed E-state index contributed by atoms with van der Waals surface area (Å²) in [6, 6.07) is 4.95. The topological polar surface area (TPSA) is 84.1 Å². The number of aromatic nitrogens is 2. The van der Waals surface area contributed by atoms with Crippen LogP contribution in [0.2, 0.25) is 0 Å². The molecule has 6 heteroatoms. The number of hydrogen-bond acceptors (Lipinski definition) is 4. The first-order chi connectivity index (χ1) is 11.3. The van der Waals surface area contributed by atoms with Gasteiger partial charge >= 0.3 is 0 Å². The zero-order valence-electron chi connectivity index (χ0n) is 14.7. The molecule has 0 radical (unpaired) electrons. The molecule has 2 aromatic rings. The van der Waals surface area contributed by atoms with Crippen molar-refractivity contribution in [3.05, 3.63) is 56.6 Å².